The number of hydrogen-bond acceptors (Lipinski definition) is 10. The van der Waals surface area contributed by atoms with Crippen molar-refractivity contribution in [1.82, 2.24) is 0 Å². The predicted octanol–water partition coefficient (Wildman–Crippen LogP) is 12.5. The van der Waals surface area contributed by atoms with Crippen LogP contribution in [0.25, 0.3) is 11.3 Å². The lowest BCUT2D eigenvalue weighted by Crippen LogP contribution is -2.70. The van der Waals surface area contributed by atoms with Crippen LogP contribution in [0.5, 0.6) is 46.0 Å². The monoisotopic (exact) mass is 932 g/mol. The Hall–Kier alpha value is -8.50. The van der Waals surface area contributed by atoms with Gasteiger partial charge in [-0.2, -0.15) is 0 Å². The first kappa shape index (κ1) is 46.6. The van der Waals surface area contributed by atoms with Crippen LogP contribution in [-0.2, 0) is 11.2 Å². The molecule has 1 heterocycles. The van der Waals surface area contributed by atoms with E-state index in [2.05, 4.69) is 58.3 Å². The van der Waals surface area contributed by atoms with Gasteiger partial charge in [0, 0.05) is 39.0 Å². The third kappa shape index (κ3) is 7.26. The molecule has 10 nitrogen and oxygen atoms in total. The van der Waals surface area contributed by atoms with Gasteiger partial charge in [0.15, 0.2) is 5.66 Å². The number of anilines is 2. The van der Waals surface area contributed by atoms with Crippen molar-refractivity contribution in [1.29, 1.82) is 0 Å². The summed E-state index contributed by atoms with van der Waals surface area (Å²) in [5.74, 6) is 4.64. The average Bonchev–Trinajstić information content (AvgIpc) is 3.44. The summed E-state index contributed by atoms with van der Waals surface area (Å²) >= 11 is 0. The maximum atomic E-state index is 6.64. The first-order valence-electron chi connectivity index (χ1n) is 22.9. The number of para-hydroxylation sites is 10. The highest BCUT2D eigenvalue weighted by Crippen LogP contribution is 2.69. The average molecular weight is 933 g/mol. The fraction of sp³-hybridized carbons (Fsp3) is 0.167. The first-order valence-corrected chi connectivity index (χ1v) is 22.9. The second-order valence-electron chi connectivity index (χ2n) is 16.3. The molecule has 0 aliphatic carbocycles. The molecule has 0 fully saturated rings. The lowest BCUT2D eigenvalue weighted by atomic mass is 9.64. The van der Waals surface area contributed by atoms with Crippen molar-refractivity contribution in [3.05, 3.63) is 228 Å². The zero-order chi connectivity index (χ0) is 48.8. The number of ether oxygens (including phenoxy) is 8. The number of benzene rings is 8. The quantitative estimate of drug-likeness (QED) is 0.0934. The van der Waals surface area contributed by atoms with Gasteiger partial charge in [-0.3, -0.25) is 0 Å². The van der Waals surface area contributed by atoms with Gasteiger partial charge in [0.2, 0.25) is 0 Å². The van der Waals surface area contributed by atoms with Crippen LogP contribution in [0.15, 0.2) is 194 Å². The number of nitrogens with zero attached hydrogens (tertiary/aromatic N) is 2. The van der Waals surface area contributed by atoms with Crippen molar-refractivity contribution >= 4 is 22.6 Å². The largest absolute Gasteiger partial charge is 0.496 e. The van der Waals surface area contributed by atoms with Crippen LogP contribution in [-0.4, -0.2) is 56.9 Å². The van der Waals surface area contributed by atoms with E-state index in [9.17, 15) is 0 Å². The van der Waals surface area contributed by atoms with Crippen LogP contribution in [0.4, 0.5) is 11.4 Å². The van der Waals surface area contributed by atoms with Crippen LogP contribution in [0.3, 0.4) is 0 Å². The van der Waals surface area contributed by atoms with Crippen molar-refractivity contribution in [2.75, 3.05) is 66.7 Å². The predicted molar refractivity (Wildman–Crippen MR) is 277 cm³/mol. The Morgan fingerprint density at radius 1 is 0.286 bits per heavy atom. The Bertz CT molecular complexity index is 3070. The minimum atomic E-state index is -1.65. The Morgan fingerprint density at radius 2 is 0.586 bits per heavy atom. The van der Waals surface area contributed by atoms with E-state index < -0.39 is 11.2 Å². The van der Waals surface area contributed by atoms with Gasteiger partial charge in [0.25, 0.3) is 0 Å². The maximum Gasteiger partial charge on any atom is 0.179 e. The SMILES string of the molecule is COc1ccccc1C1=C(c2ccccc2OC)C(c2ccccc2OC)(c2ccccc2OC)N(c2ccccc2OC)C(c2ccccc2OC)(c2ccccc2OC)N1c1ccccc1OC. The van der Waals surface area contributed by atoms with Crippen molar-refractivity contribution in [2.45, 2.75) is 11.2 Å². The topological polar surface area (TPSA) is 80.3 Å². The lowest BCUT2D eigenvalue weighted by molar-refractivity contribution is 0.322. The number of methoxy groups -OCH3 is 8. The molecular formula is C60H56N2O8. The molecule has 0 spiro atoms. The van der Waals surface area contributed by atoms with Crippen molar-refractivity contribution in [3.8, 4) is 46.0 Å². The van der Waals surface area contributed by atoms with E-state index >= 15 is 0 Å². The highest BCUT2D eigenvalue weighted by Gasteiger charge is 2.66. The van der Waals surface area contributed by atoms with Gasteiger partial charge in [0.05, 0.1) is 74.0 Å². The van der Waals surface area contributed by atoms with E-state index in [0.29, 0.717) is 63.1 Å². The summed E-state index contributed by atoms with van der Waals surface area (Å²) in [4.78, 5) is 4.77. The summed E-state index contributed by atoms with van der Waals surface area (Å²) in [5, 5.41) is 0. The second kappa shape index (κ2) is 20.0. The Balaban J connectivity index is 1.81. The summed E-state index contributed by atoms with van der Waals surface area (Å²) in [5.41, 5.74) is 3.99. The van der Waals surface area contributed by atoms with E-state index in [1.54, 1.807) is 56.9 Å². The second-order valence-corrected chi connectivity index (χ2v) is 16.3. The van der Waals surface area contributed by atoms with Crippen LogP contribution < -0.4 is 47.7 Å². The summed E-state index contributed by atoms with van der Waals surface area (Å²) in [6.07, 6.45) is 0. The standard InChI is InChI=1S/C60H56N2O8/c1-63-49-33-17-9-25-41(49)57-58(42-26-10-18-34-50(42)64-2)61(47-31-15-23-39-55(47)69-7)60(45-29-13-21-37-53(45)67-5,46-30-14-22-38-54(46)68-6)62(48-32-16-24-40-56(48)70-8)59(57,43-27-11-19-35-51(43)65-3)44-28-12-20-36-52(44)66-4/h9-40H,1-8H3. The highest BCUT2D eigenvalue weighted by atomic mass is 16.5. The Labute approximate surface area is 410 Å². The van der Waals surface area contributed by atoms with E-state index in [4.69, 9.17) is 37.9 Å². The summed E-state index contributed by atoms with van der Waals surface area (Å²) < 4.78 is 52.7. The number of hydrogen-bond donors (Lipinski definition) is 0. The van der Waals surface area contributed by atoms with Gasteiger partial charge in [-0.1, -0.05) is 127 Å². The van der Waals surface area contributed by atoms with Gasteiger partial charge < -0.3 is 47.7 Å². The Morgan fingerprint density at radius 3 is 1.03 bits per heavy atom. The zero-order valence-corrected chi connectivity index (χ0v) is 40.6. The van der Waals surface area contributed by atoms with Gasteiger partial charge >= 0.3 is 0 Å². The van der Waals surface area contributed by atoms with E-state index in [0.717, 1.165) is 39.0 Å². The first-order chi connectivity index (χ1) is 34.4. The normalized spacial score (nSPS) is 13.8. The summed E-state index contributed by atoms with van der Waals surface area (Å²) in [6, 6.07) is 64.8. The van der Waals surface area contributed by atoms with E-state index in [-0.39, 0.29) is 0 Å². The lowest BCUT2D eigenvalue weighted by Gasteiger charge is -2.65. The van der Waals surface area contributed by atoms with Gasteiger partial charge in [0.1, 0.15) is 51.5 Å². The van der Waals surface area contributed by atoms with Crippen molar-refractivity contribution < 1.29 is 37.9 Å². The molecule has 0 unspecified atom stereocenters. The Kier molecular flexibility index (Phi) is 13.3. The molecule has 1 aliphatic heterocycles. The fourth-order valence-electron chi connectivity index (χ4n) is 10.5. The van der Waals surface area contributed by atoms with Crippen molar-refractivity contribution in [3.63, 3.8) is 0 Å². The smallest absolute Gasteiger partial charge is 0.179 e. The molecule has 0 saturated carbocycles. The maximum absolute atomic E-state index is 6.64. The van der Waals surface area contributed by atoms with Crippen LogP contribution >= 0.6 is 0 Å². The molecule has 0 radical (unpaired) electrons. The van der Waals surface area contributed by atoms with Crippen LogP contribution in [0.2, 0.25) is 0 Å². The zero-order valence-electron chi connectivity index (χ0n) is 40.6. The molecule has 8 aromatic rings. The fourth-order valence-corrected chi connectivity index (χ4v) is 10.5. The molecule has 0 saturated heterocycles. The van der Waals surface area contributed by atoms with Crippen molar-refractivity contribution in [2.24, 2.45) is 0 Å². The summed E-state index contributed by atoms with van der Waals surface area (Å²) in [7, 11) is 13.6. The molecule has 8 aromatic carbocycles. The third-order valence-corrected chi connectivity index (χ3v) is 13.2. The van der Waals surface area contributed by atoms with Crippen LogP contribution in [0.1, 0.15) is 33.4 Å². The molecule has 10 heteroatoms. The van der Waals surface area contributed by atoms with Gasteiger partial charge in [-0.05, 0) is 66.7 Å². The number of rotatable bonds is 16. The molecule has 0 N–H and O–H groups in total. The highest BCUT2D eigenvalue weighted by molar-refractivity contribution is 6.10. The summed E-state index contributed by atoms with van der Waals surface area (Å²) in [6.45, 7) is 0. The van der Waals surface area contributed by atoms with E-state index in [1.165, 1.54) is 0 Å². The van der Waals surface area contributed by atoms with E-state index in [1.807, 2.05) is 146 Å². The molecular weight excluding hydrogens is 877 g/mol. The van der Waals surface area contributed by atoms with Crippen LogP contribution in [0, 0.1) is 0 Å². The molecule has 1 aliphatic rings. The molecule has 0 atom stereocenters. The molecule has 70 heavy (non-hydrogen) atoms. The minimum absolute atomic E-state index is 0.561. The molecule has 0 aromatic heterocycles. The molecule has 354 valence electrons. The molecule has 0 bridgehead atoms. The van der Waals surface area contributed by atoms with Gasteiger partial charge in [-0.25, -0.2) is 0 Å². The third-order valence-electron chi connectivity index (χ3n) is 13.2. The molecule has 0 amide bonds. The minimum Gasteiger partial charge on any atom is -0.496 e. The van der Waals surface area contributed by atoms with Gasteiger partial charge in [-0.15, -0.1) is 0 Å². The molecule has 9 rings (SSSR count).